The molecule has 0 aromatic heterocycles. The van der Waals surface area contributed by atoms with Crippen LogP contribution in [0.1, 0.15) is 27.2 Å². The molecule has 0 spiro atoms. The number of likely N-dealkylation sites (tertiary alicyclic amines) is 1. The third-order valence-corrected chi connectivity index (χ3v) is 3.01. The van der Waals surface area contributed by atoms with Crippen LogP contribution in [0.25, 0.3) is 0 Å². The van der Waals surface area contributed by atoms with E-state index in [-0.39, 0.29) is 11.2 Å². The summed E-state index contributed by atoms with van der Waals surface area (Å²) in [5, 5.41) is 0.0198. The zero-order chi connectivity index (χ0) is 14.1. The number of carbonyl (C=O) groups excluding carboxylic acids is 2. The maximum absolute atomic E-state index is 12.0. The Bertz CT molecular complexity index is 339. The van der Waals surface area contributed by atoms with Gasteiger partial charge in [-0.15, -0.1) is 0 Å². The van der Waals surface area contributed by atoms with Gasteiger partial charge in [0.15, 0.2) is 0 Å². The monoisotopic (exact) mass is 274 g/mol. The van der Waals surface area contributed by atoms with Crippen LogP contribution in [-0.2, 0) is 9.53 Å². The minimum atomic E-state index is -0.558. The highest BCUT2D eigenvalue weighted by atomic mass is 32.1. The van der Waals surface area contributed by atoms with Crippen molar-refractivity contribution in [3.8, 4) is 0 Å². The number of ether oxygens (including phenoxy) is 1. The molecule has 2 unspecified atom stereocenters. The summed E-state index contributed by atoms with van der Waals surface area (Å²) in [7, 11) is 3.36. The van der Waals surface area contributed by atoms with Crippen LogP contribution in [0.5, 0.6) is 0 Å². The third kappa shape index (κ3) is 3.80. The van der Waals surface area contributed by atoms with Crippen molar-refractivity contribution in [2.45, 2.75) is 44.1 Å². The summed E-state index contributed by atoms with van der Waals surface area (Å²) >= 11 is 4.36. The number of thiol groups is 1. The van der Waals surface area contributed by atoms with Crippen LogP contribution in [0.3, 0.4) is 0 Å². The highest BCUT2D eigenvalue weighted by molar-refractivity contribution is 7.81. The molecule has 2 atom stereocenters. The quantitative estimate of drug-likeness (QED) is 0.735. The molecule has 1 aliphatic heterocycles. The molecule has 2 amide bonds. The summed E-state index contributed by atoms with van der Waals surface area (Å²) in [6.07, 6.45) is 0.124. The topological polar surface area (TPSA) is 49.9 Å². The Labute approximate surface area is 114 Å². The van der Waals surface area contributed by atoms with Crippen LogP contribution in [0.4, 0.5) is 4.79 Å². The van der Waals surface area contributed by atoms with Crippen molar-refractivity contribution in [2.75, 3.05) is 20.6 Å². The fraction of sp³-hybridized carbons (Fsp3) is 0.833. The lowest BCUT2D eigenvalue weighted by atomic mass is 10.2. The molecule has 6 heteroatoms. The maximum Gasteiger partial charge on any atom is 0.411 e. The average Bonchev–Trinajstić information content (AvgIpc) is 2.56. The minimum absolute atomic E-state index is 0.0198. The van der Waals surface area contributed by atoms with Gasteiger partial charge in [-0.2, -0.15) is 12.6 Å². The number of hydrogen-bond donors (Lipinski definition) is 1. The lowest BCUT2D eigenvalue weighted by molar-refractivity contribution is -0.133. The Morgan fingerprint density at radius 1 is 1.33 bits per heavy atom. The second-order valence-electron chi connectivity index (χ2n) is 5.77. The maximum atomic E-state index is 12.0. The molecule has 0 N–H and O–H groups in total. The molecule has 0 bridgehead atoms. The molecule has 5 nitrogen and oxygen atoms in total. The number of hydrogen-bond acceptors (Lipinski definition) is 4. The summed E-state index contributed by atoms with van der Waals surface area (Å²) in [4.78, 5) is 27.0. The van der Waals surface area contributed by atoms with Crippen molar-refractivity contribution in [3.63, 3.8) is 0 Å². The van der Waals surface area contributed by atoms with E-state index in [4.69, 9.17) is 4.74 Å². The van der Waals surface area contributed by atoms with Crippen LogP contribution in [-0.4, -0.2) is 59.3 Å². The second-order valence-corrected chi connectivity index (χ2v) is 6.50. The molecule has 1 aliphatic rings. The first-order valence-corrected chi connectivity index (χ1v) is 6.52. The molecular formula is C12H22N2O3S. The zero-order valence-electron chi connectivity index (χ0n) is 11.6. The van der Waals surface area contributed by atoms with Crippen LogP contribution in [0.15, 0.2) is 0 Å². The van der Waals surface area contributed by atoms with Crippen LogP contribution < -0.4 is 0 Å². The summed E-state index contributed by atoms with van der Waals surface area (Å²) < 4.78 is 5.31. The Balaban J connectivity index is 2.79. The molecule has 0 aliphatic carbocycles. The number of amides is 2. The van der Waals surface area contributed by atoms with Gasteiger partial charge in [-0.25, -0.2) is 4.79 Å². The Kier molecular flexibility index (Phi) is 4.53. The number of nitrogens with zero attached hydrogens (tertiary/aromatic N) is 2. The van der Waals surface area contributed by atoms with Gasteiger partial charge in [0, 0.05) is 25.9 Å². The standard InChI is InChI=1S/C12H22N2O3S/c1-12(2,3)17-11(16)14-7-8(18)6-9(14)10(15)13(4)5/h8-9,18H,6-7H2,1-5H3. The van der Waals surface area contributed by atoms with Crippen molar-refractivity contribution in [3.05, 3.63) is 0 Å². The van der Waals surface area contributed by atoms with Crippen LogP contribution in [0.2, 0.25) is 0 Å². The van der Waals surface area contributed by atoms with Gasteiger partial charge in [0.1, 0.15) is 11.6 Å². The van der Waals surface area contributed by atoms with Gasteiger partial charge in [0.05, 0.1) is 0 Å². The van der Waals surface area contributed by atoms with Gasteiger partial charge in [-0.05, 0) is 27.2 Å². The molecule has 1 rings (SSSR count). The average molecular weight is 274 g/mol. The summed E-state index contributed by atoms with van der Waals surface area (Å²) in [5.74, 6) is -0.0857. The first kappa shape index (κ1) is 15.1. The highest BCUT2D eigenvalue weighted by Crippen LogP contribution is 2.25. The Hall–Kier alpha value is -0.910. The molecule has 1 fully saturated rings. The molecule has 18 heavy (non-hydrogen) atoms. The highest BCUT2D eigenvalue weighted by Gasteiger charge is 2.40. The normalized spacial score (nSPS) is 24.0. The van der Waals surface area contributed by atoms with Crippen LogP contribution in [0, 0.1) is 0 Å². The van der Waals surface area contributed by atoms with Crippen molar-refractivity contribution < 1.29 is 14.3 Å². The van der Waals surface area contributed by atoms with Crippen molar-refractivity contribution in [1.29, 1.82) is 0 Å². The molecule has 1 heterocycles. The Morgan fingerprint density at radius 3 is 2.33 bits per heavy atom. The Morgan fingerprint density at radius 2 is 1.89 bits per heavy atom. The predicted molar refractivity (Wildman–Crippen MR) is 72.8 cm³/mol. The van der Waals surface area contributed by atoms with Crippen LogP contribution >= 0.6 is 12.6 Å². The van der Waals surface area contributed by atoms with E-state index in [9.17, 15) is 9.59 Å². The molecule has 1 saturated heterocycles. The van der Waals surface area contributed by atoms with Gasteiger partial charge in [-0.1, -0.05) is 0 Å². The minimum Gasteiger partial charge on any atom is -0.444 e. The first-order chi connectivity index (χ1) is 8.11. The van der Waals surface area contributed by atoms with Crippen molar-refractivity contribution >= 4 is 24.6 Å². The summed E-state index contributed by atoms with van der Waals surface area (Å²) in [6.45, 7) is 5.87. The fourth-order valence-electron chi connectivity index (χ4n) is 1.87. The van der Waals surface area contributed by atoms with Crippen molar-refractivity contribution in [2.24, 2.45) is 0 Å². The number of likely N-dealkylation sites (N-methyl/N-ethyl adjacent to an activating group) is 1. The largest absolute Gasteiger partial charge is 0.444 e. The molecule has 0 aromatic carbocycles. The molecule has 0 radical (unpaired) electrons. The molecule has 0 aromatic rings. The summed E-state index contributed by atoms with van der Waals surface area (Å²) in [6, 6.07) is -0.461. The van der Waals surface area contributed by atoms with Crippen molar-refractivity contribution in [1.82, 2.24) is 9.80 Å². The van der Waals surface area contributed by atoms with E-state index in [1.807, 2.05) is 20.8 Å². The van der Waals surface area contributed by atoms with Gasteiger partial charge in [0.25, 0.3) is 0 Å². The van der Waals surface area contributed by atoms with E-state index in [1.165, 1.54) is 9.80 Å². The number of carbonyl (C=O) groups is 2. The molecule has 104 valence electrons. The third-order valence-electron chi connectivity index (χ3n) is 2.63. The predicted octanol–water partition coefficient (Wildman–Crippen LogP) is 1.38. The SMILES string of the molecule is CN(C)C(=O)C1CC(S)CN1C(=O)OC(C)(C)C. The van der Waals surface area contributed by atoms with E-state index in [0.29, 0.717) is 13.0 Å². The van der Waals surface area contributed by atoms with Gasteiger partial charge in [-0.3, -0.25) is 9.69 Å². The summed E-state index contributed by atoms with van der Waals surface area (Å²) in [5.41, 5.74) is -0.558. The van der Waals surface area contributed by atoms with E-state index >= 15 is 0 Å². The lowest BCUT2D eigenvalue weighted by Crippen LogP contribution is -2.47. The zero-order valence-corrected chi connectivity index (χ0v) is 12.5. The van der Waals surface area contributed by atoms with E-state index in [1.54, 1.807) is 14.1 Å². The second kappa shape index (κ2) is 5.38. The van der Waals surface area contributed by atoms with Gasteiger partial charge < -0.3 is 9.64 Å². The van der Waals surface area contributed by atoms with E-state index in [0.717, 1.165) is 0 Å². The molecular weight excluding hydrogens is 252 g/mol. The van der Waals surface area contributed by atoms with E-state index in [2.05, 4.69) is 12.6 Å². The van der Waals surface area contributed by atoms with E-state index < -0.39 is 17.7 Å². The number of rotatable bonds is 1. The smallest absolute Gasteiger partial charge is 0.411 e. The fourth-order valence-corrected chi connectivity index (χ4v) is 2.24. The first-order valence-electron chi connectivity index (χ1n) is 6.00. The lowest BCUT2D eigenvalue weighted by Gasteiger charge is -2.29. The molecule has 0 saturated carbocycles. The van der Waals surface area contributed by atoms with Gasteiger partial charge >= 0.3 is 6.09 Å². The van der Waals surface area contributed by atoms with Gasteiger partial charge in [0.2, 0.25) is 5.91 Å².